The molecule has 0 saturated carbocycles. The van der Waals surface area contributed by atoms with Gasteiger partial charge in [0.2, 0.25) is 5.01 Å². The lowest BCUT2D eigenvalue weighted by molar-refractivity contribution is -0.203. The highest BCUT2D eigenvalue weighted by atomic mass is 32.1. The number of hydrogen-bond acceptors (Lipinski definition) is 6. The molecule has 1 aromatic carbocycles. The molecule has 0 radical (unpaired) electrons. The Balaban J connectivity index is 1.90. The molecular formula is C15H16F3N3O3S. The number of carbonyl (C=O) groups excluding carboxylic acids is 1. The summed E-state index contributed by atoms with van der Waals surface area (Å²) in [4.78, 5) is 17.7. The van der Waals surface area contributed by atoms with E-state index in [2.05, 4.69) is 10.2 Å². The van der Waals surface area contributed by atoms with E-state index in [0.29, 0.717) is 0 Å². The summed E-state index contributed by atoms with van der Waals surface area (Å²) in [5.74, 6) is -0.533. The SMILES string of the molecule is CC(C)N(OCc1ccccc1)C(=O)COc1nnc(C(F)(F)F)s1. The van der Waals surface area contributed by atoms with Crippen molar-refractivity contribution in [2.45, 2.75) is 32.7 Å². The number of halogens is 3. The van der Waals surface area contributed by atoms with Gasteiger partial charge < -0.3 is 4.74 Å². The lowest BCUT2D eigenvalue weighted by Crippen LogP contribution is -2.39. The third-order valence-electron chi connectivity index (χ3n) is 2.90. The van der Waals surface area contributed by atoms with E-state index < -0.39 is 23.7 Å². The zero-order chi connectivity index (χ0) is 18.4. The van der Waals surface area contributed by atoms with Crippen LogP contribution in [-0.4, -0.2) is 33.8 Å². The Morgan fingerprint density at radius 1 is 1.24 bits per heavy atom. The van der Waals surface area contributed by atoms with Gasteiger partial charge in [0.1, 0.15) is 6.61 Å². The van der Waals surface area contributed by atoms with Crippen LogP contribution >= 0.6 is 11.3 Å². The van der Waals surface area contributed by atoms with Gasteiger partial charge in [-0.3, -0.25) is 9.63 Å². The Kier molecular flexibility index (Phi) is 6.32. The minimum absolute atomic E-state index is 0.182. The Morgan fingerprint density at radius 3 is 2.48 bits per heavy atom. The molecule has 0 bridgehead atoms. The number of hydroxylamine groups is 2. The average Bonchev–Trinajstić information content (AvgIpc) is 3.03. The van der Waals surface area contributed by atoms with Crippen LogP contribution in [-0.2, 0) is 22.4 Å². The Hall–Kier alpha value is -2.20. The Morgan fingerprint density at radius 2 is 1.92 bits per heavy atom. The van der Waals surface area contributed by atoms with Crippen LogP contribution in [0.3, 0.4) is 0 Å². The molecule has 25 heavy (non-hydrogen) atoms. The van der Waals surface area contributed by atoms with Gasteiger partial charge in [0.05, 0.1) is 6.04 Å². The summed E-state index contributed by atoms with van der Waals surface area (Å²) in [7, 11) is 0. The van der Waals surface area contributed by atoms with Crippen LogP contribution < -0.4 is 4.74 Å². The van der Waals surface area contributed by atoms with E-state index in [0.717, 1.165) is 10.6 Å². The first-order chi connectivity index (χ1) is 11.8. The smallest absolute Gasteiger partial charge is 0.445 e. The maximum Gasteiger partial charge on any atom is 0.445 e. The standard InChI is InChI=1S/C15H16F3N3O3S/c1-10(2)21(24-8-11-6-4-3-5-7-11)12(22)9-23-14-20-19-13(25-14)15(16,17)18/h3-7,10H,8-9H2,1-2H3. The number of aromatic nitrogens is 2. The summed E-state index contributed by atoms with van der Waals surface area (Å²) >= 11 is 0.231. The molecule has 2 rings (SSSR count). The summed E-state index contributed by atoms with van der Waals surface area (Å²) in [6.07, 6.45) is -4.59. The summed E-state index contributed by atoms with van der Waals surface area (Å²) in [5.41, 5.74) is 0.876. The van der Waals surface area contributed by atoms with E-state index in [9.17, 15) is 18.0 Å². The van der Waals surface area contributed by atoms with E-state index >= 15 is 0 Å². The quantitative estimate of drug-likeness (QED) is 0.695. The number of amides is 1. The van der Waals surface area contributed by atoms with Gasteiger partial charge >= 0.3 is 6.18 Å². The molecule has 0 N–H and O–H groups in total. The Bertz CT molecular complexity index is 692. The summed E-state index contributed by atoms with van der Waals surface area (Å²) in [6, 6.07) is 8.97. The number of rotatable bonds is 7. The van der Waals surface area contributed by atoms with E-state index in [1.165, 1.54) is 0 Å². The molecule has 6 nitrogen and oxygen atoms in total. The van der Waals surface area contributed by atoms with Gasteiger partial charge in [0.25, 0.3) is 11.1 Å². The fourth-order valence-electron chi connectivity index (χ4n) is 1.80. The van der Waals surface area contributed by atoms with Crippen LogP contribution in [0, 0.1) is 0 Å². The monoisotopic (exact) mass is 375 g/mol. The minimum Gasteiger partial charge on any atom is -0.459 e. The van der Waals surface area contributed by atoms with Crippen molar-refractivity contribution in [2.75, 3.05) is 6.61 Å². The van der Waals surface area contributed by atoms with E-state index in [1.54, 1.807) is 13.8 Å². The molecule has 0 atom stereocenters. The van der Waals surface area contributed by atoms with Crippen LogP contribution in [0.15, 0.2) is 30.3 Å². The molecule has 0 fully saturated rings. The first-order valence-corrected chi connectivity index (χ1v) is 8.11. The van der Waals surface area contributed by atoms with E-state index in [4.69, 9.17) is 9.57 Å². The van der Waals surface area contributed by atoms with Crippen molar-refractivity contribution in [2.24, 2.45) is 0 Å². The van der Waals surface area contributed by atoms with Crippen molar-refractivity contribution < 1.29 is 27.5 Å². The third-order valence-corrected chi connectivity index (χ3v) is 3.78. The van der Waals surface area contributed by atoms with Crippen molar-refractivity contribution in [3.05, 3.63) is 40.9 Å². The number of alkyl halides is 3. The molecule has 2 aromatic rings. The number of benzene rings is 1. The van der Waals surface area contributed by atoms with Gasteiger partial charge in [-0.2, -0.15) is 13.2 Å². The van der Waals surface area contributed by atoms with Crippen LogP contribution in [0.1, 0.15) is 24.4 Å². The molecule has 0 spiro atoms. The molecule has 136 valence electrons. The molecule has 1 aromatic heterocycles. The topological polar surface area (TPSA) is 64.5 Å². The highest BCUT2D eigenvalue weighted by Gasteiger charge is 2.36. The molecule has 0 aliphatic rings. The third kappa shape index (κ3) is 5.68. The minimum atomic E-state index is -4.59. The molecule has 0 saturated heterocycles. The second kappa shape index (κ2) is 8.26. The summed E-state index contributed by atoms with van der Waals surface area (Å²) in [6.45, 7) is 3.17. The van der Waals surface area contributed by atoms with Gasteiger partial charge in [0.15, 0.2) is 6.61 Å². The molecular weight excluding hydrogens is 359 g/mol. The largest absolute Gasteiger partial charge is 0.459 e. The van der Waals surface area contributed by atoms with Crippen molar-refractivity contribution in [1.29, 1.82) is 0 Å². The fraction of sp³-hybridized carbons (Fsp3) is 0.400. The number of hydrogen-bond donors (Lipinski definition) is 0. The molecule has 0 aliphatic carbocycles. The molecule has 1 heterocycles. The lowest BCUT2D eigenvalue weighted by atomic mass is 10.2. The second-order valence-corrected chi connectivity index (χ2v) is 6.17. The molecule has 1 amide bonds. The molecule has 0 aliphatic heterocycles. The zero-order valence-electron chi connectivity index (χ0n) is 13.5. The van der Waals surface area contributed by atoms with Gasteiger partial charge in [-0.1, -0.05) is 46.8 Å². The summed E-state index contributed by atoms with van der Waals surface area (Å²) in [5, 5.41) is 5.92. The normalized spacial score (nSPS) is 11.6. The second-order valence-electron chi connectivity index (χ2n) is 5.23. The van der Waals surface area contributed by atoms with Crippen molar-refractivity contribution in [3.8, 4) is 5.19 Å². The predicted octanol–water partition coefficient (Wildman–Crippen LogP) is 3.30. The number of nitrogens with zero attached hydrogens (tertiary/aromatic N) is 3. The maximum atomic E-state index is 12.5. The average molecular weight is 375 g/mol. The lowest BCUT2D eigenvalue weighted by Gasteiger charge is -2.25. The first-order valence-electron chi connectivity index (χ1n) is 7.29. The van der Waals surface area contributed by atoms with Crippen LogP contribution in [0.4, 0.5) is 13.2 Å². The molecule has 0 unspecified atom stereocenters. The fourth-order valence-corrected chi connectivity index (χ4v) is 2.36. The van der Waals surface area contributed by atoms with Crippen molar-refractivity contribution in [3.63, 3.8) is 0 Å². The summed E-state index contributed by atoms with van der Waals surface area (Å²) < 4.78 is 42.4. The van der Waals surface area contributed by atoms with Gasteiger partial charge in [-0.15, -0.1) is 5.10 Å². The van der Waals surface area contributed by atoms with E-state index in [1.807, 2.05) is 30.3 Å². The highest BCUT2D eigenvalue weighted by Crippen LogP contribution is 2.33. The zero-order valence-corrected chi connectivity index (χ0v) is 14.3. The van der Waals surface area contributed by atoms with E-state index in [-0.39, 0.29) is 29.2 Å². The van der Waals surface area contributed by atoms with Crippen LogP contribution in [0.25, 0.3) is 0 Å². The van der Waals surface area contributed by atoms with Gasteiger partial charge in [0, 0.05) is 0 Å². The molecule has 10 heteroatoms. The van der Waals surface area contributed by atoms with Crippen molar-refractivity contribution in [1.82, 2.24) is 15.3 Å². The first kappa shape index (κ1) is 19.1. The van der Waals surface area contributed by atoms with Crippen molar-refractivity contribution >= 4 is 17.2 Å². The maximum absolute atomic E-state index is 12.5. The predicted molar refractivity (Wildman–Crippen MR) is 83.6 cm³/mol. The Labute approximate surface area is 146 Å². The van der Waals surface area contributed by atoms with Crippen LogP contribution in [0.5, 0.6) is 5.19 Å². The highest BCUT2D eigenvalue weighted by molar-refractivity contribution is 7.13. The number of carbonyl (C=O) groups is 1. The van der Waals surface area contributed by atoms with Gasteiger partial charge in [-0.25, -0.2) is 5.06 Å². The van der Waals surface area contributed by atoms with Crippen LogP contribution in [0.2, 0.25) is 0 Å². The van der Waals surface area contributed by atoms with Gasteiger partial charge in [-0.05, 0) is 19.4 Å². The number of ether oxygens (including phenoxy) is 1.